The minimum absolute atomic E-state index is 0.0646. The number of nitrogens with zero attached hydrogens (tertiary/aromatic N) is 2. The number of carbonyl (C=O) groups is 4. The van der Waals surface area contributed by atoms with E-state index in [4.69, 9.17) is 0 Å². The smallest absolute Gasteiger partial charge is 0.251 e. The maximum absolute atomic E-state index is 12.9. The molecular weight excluding hydrogens is 528 g/mol. The van der Waals surface area contributed by atoms with Gasteiger partial charge in [-0.25, -0.2) is 0 Å². The molecule has 2 atom stereocenters. The minimum Gasteiger partial charge on any atom is -0.324 e. The van der Waals surface area contributed by atoms with Crippen molar-refractivity contribution in [3.8, 4) is 0 Å². The molecule has 0 spiro atoms. The van der Waals surface area contributed by atoms with Crippen LogP contribution in [-0.2, 0) is 19.2 Å². The van der Waals surface area contributed by atoms with Crippen LogP contribution in [0.25, 0.3) is 12.2 Å². The number of nitrogens with one attached hydrogen (secondary N) is 2. The Morgan fingerprint density at radius 1 is 0.595 bits per heavy atom. The van der Waals surface area contributed by atoms with Crippen LogP contribution >= 0.6 is 0 Å². The van der Waals surface area contributed by atoms with E-state index in [1.165, 1.54) is 0 Å². The maximum Gasteiger partial charge on any atom is 0.251 e. The van der Waals surface area contributed by atoms with Crippen molar-refractivity contribution in [1.29, 1.82) is 0 Å². The van der Waals surface area contributed by atoms with Gasteiger partial charge >= 0.3 is 0 Å². The van der Waals surface area contributed by atoms with Gasteiger partial charge in [-0.2, -0.15) is 0 Å². The van der Waals surface area contributed by atoms with Crippen molar-refractivity contribution in [3.63, 3.8) is 0 Å². The summed E-state index contributed by atoms with van der Waals surface area (Å²) < 4.78 is 0. The Morgan fingerprint density at radius 2 is 0.976 bits per heavy atom. The van der Waals surface area contributed by atoms with Crippen LogP contribution in [0.15, 0.2) is 72.8 Å². The largest absolute Gasteiger partial charge is 0.324 e. The Labute approximate surface area is 246 Å². The first-order chi connectivity index (χ1) is 20.5. The van der Waals surface area contributed by atoms with Gasteiger partial charge in [-0.1, -0.05) is 73.6 Å². The van der Waals surface area contributed by atoms with Crippen LogP contribution in [0.2, 0.25) is 0 Å². The Morgan fingerprint density at radius 3 is 1.31 bits per heavy atom. The Bertz CT molecular complexity index is 1330. The Hall–Kier alpha value is -4.46. The highest BCUT2D eigenvalue weighted by Crippen LogP contribution is 2.31. The molecule has 2 N–H and O–H groups in total. The third-order valence-corrected chi connectivity index (χ3v) is 8.75. The zero-order valence-electron chi connectivity index (χ0n) is 23.6. The highest BCUT2D eigenvalue weighted by molar-refractivity contribution is 6.00. The standard InChI is InChI=1S/C34H36N4O4/c39-31(29-9-3-21-37(29)33(41)25-5-1-6-25)35-27-17-13-23(14-18-27)11-12-24-15-19-28(20-16-24)36-32(40)30-10-4-22-38(30)34(42)26-7-2-8-26/h3-4,9-20,25-26,29-30H,1-2,5-8,21-22H2,(H,35,39)(H,36,40)/b12-11+. The molecule has 4 amide bonds. The molecule has 42 heavy (non-hydrogen) atoms. The zero-order valence-corrected chi connectivity index (χ0v) is 23.6. The zero-order chi connectivity index (χ0) is 29.1. The average molecular weight is 565 g/mol. The monoisotopic (exact) mass is 564 g/mol. The lowest BCUT2D eigenvalue weighted by atomic mass is 9.84. The molecule has 2 heterocycles. The second kappa shape index (κ2) is 12.2. The van der Waals surface area contributed by atoms with Crippen molar-refractivity contribution < 1.29 is 19.2 Å². The normalized spacial score (nSPS) is 21.8. The van der Waals surface area contributed by atoms with Crippen LogP contribution in [0.5, 0.6) is 0 Å². The summed E-state index contributed by atoms with van der Waals surface area (Å²) >= 11 is 0. The molecule has 2 aliphatic carbocycles. The quantitative estimate of drug-likeness (QED) is 0.353. The van der Waals surface area contributed by atoms with Crippen LogP contribution in [0.1, 0.15) is 49.7 Å². The van der Waals surface area contributed by atoms with Crippen LogP contribution < -0.4 is 10.6 Å². The predicted molar refractivity (Wildman–Crippen MR) is 163 cm³/mol. The molecule has 0 aromatic heterocycles. The summed E-state index contributed by atoms with van der Waals surface area (Å²) in [5.41, 5.74) is 3.30. The fourth-order valence-electron chi connectivity index (χ4n) is 5.71. The van der Waals surface area contributed by atoms with E-state index in [0.717, 1.165) is 49.7 Å². The number of benzene rings is 2. The van der Waals surface area contributed by atoms with E-state index < -0.39 is 12.1 Å². The Kier molecular flexibility index (Phi) is 8.04. The molecule has 2 fully saturated rings. The van der Waals surface area contributed by atoms with E-state index in [1.54, 1.807) is 22.0 Å². The molecule has 2 saturated carbocycles. The molecule has 2 unspecified atom stereocenters. The third kappa shape index (κ3) is 5.93. The Balaban J connectivity index is 0.999. The second-order valence-corrected chi connectivity index (χ2v) is 11.5. The summed E-state index contributed by atoms with van der Waals surface area (Å²) in [5.74, 6) is -0.113. The van der Waals surface area contributed by atoms with E-state index in [9.17, 15) is 19.2 Å². The first-order valence-electron chi connectivity index (χ1n) is 14.9. The molecule has 8 heteroatoms. The van der Waals surface area contributed by atoms with Crippen molar-refractivity contribution >= 4 is 47.2 Å². The summed E-state index contributed by atoms with van der Waals surface area (Å²) in [5, 5.41) is 5.88. The molecule has 2 aromatic carbocycles. The summed E-state index contributed by atoms with van der Waals surface area (Å²) in [6, 6.07) is 14.0. The molecule has 2 aromatic rings. The molecule has 6 rings (SSSR count). The lowest BCUT2D eigenvalue weighted by Gasteiger charge is -2.32. The molecular formula is C34H36N4O4. The fourth-order valence-corrected chi connectivity index (χ4v) is 5.71. The van der Waals surface area contributed by atoms with Gasteiger partial charge in [0.05, 0.1) is 0 Å². The third-order valence-electron chi connectivity index (χ3n) is 8.75. The van der Waals surface area contributed by atoms with Gasteiger partial charge in [-0.15, -0.1) is 0 Å². The topological polar surface area (TPSA) is 98.8 Å². The lowest BCUT2D eigenvalue weighted by molar-refractivity contribution is -0.141. The minimum atomic E-state index is -0.561. The van der Waals surface area contributed by atoms with Crippen LogP contribution in [-0.4, -0.2) is 58.6 Å². The van der Waals surface area contributed by atoms with Crippen molar-refractivity contribution in [1.82, 2.24) is 9.80 Å². The fraction of sp³-hybridized carbons (Fsp3) is 0.353. The molecule has 0 saturated heterocycles. The number of rotatable bonds is 8. The second-order valence-electron chi connectivity index (χ2n) is 11.5. The van der Waals surface area contributed by atoms with Gasteiger partial charge in [0, 0.05) is 36.3 Å². The first-order valence-corrected chi connectivity index (χ1v) is 14.9. The van der Waals surface area contributed by atoms with Gasteiger partial charge in [0.25, 0.3) is 11.8 Å². The average Bonchev–Trinajstić information content (AvgIpc) is 3.62. The van der Waals surface area contributed by atoms with Gasteiger partial charge in [0.15, 0.2) is 0 Å². The van der Waals surface area contributed by atoms with Gasteiger partial charge < -0.3 is 20.4 Å². The van der Waals surface area contributed by atoms with E-state index >= 15 is 0 Å². The van der Waals surface area contributed by atoms with Gasteiger partial charge in [-0.3, -0.25) is 19.2 Å². The van der Waals surface area contributed by atoms with Crippen molar-refractivity contribution in [2.45, 2.75) is 50.6 Å². The van der Waals surface area contributed by atoms with Crippen molar-refractivity contribution in [3.05, 3.63) is 84.0 Å². The van der Waals surface area contributed by atoms with Gasteiger partial charge in [0.2, 0.25) is 11.8 Å². The van der Waals surface area contributed by atoms with Crippen LogP contribution in [0.4, 0.5) is 11.4 Å². The van der Waals surface area contributed by atoms with E-state index in [-0.39, 0.29) is 35.5 Å². The summed E-state index contributed by atoms with van der Waals surface area (Å²) in [6.45, 7) is 0.977. The molecule has 0 bridgehead atoms. The number of anilines is 2. The van der Waals surface area contributed by atoms with E-state index in [1.807, 2.05) is 72.8 Å². The summed E-state index contributed by atoms with van der Waals surface area (Å²) in [4.78, 5) is 54.5. The lowest BCUT2D eigenvalue weighted by Crippen LogP contribution is -2.47. The van der Waals surface area contributed by atoms with Crippen LogP contribution in [0.3, 0.4) is 0 Å². The van der Waals surface area contributed by atoms with Crippen molar-refractivity contribution in [2.24, 2.45) is 11.8 Å². The number of hydrogen-bond donors (Lipinski definition) is 2. The number of hydrogen-bond acceptors (Lipinski definition) is 4. The summed E-state index contributed by atoms with van der Waals surface area (Å²) in [7, 11) is 0. The predicted octanol–water partition coefficient (Wildman–Crippen LogP) is 4.87. The molecule has 216 valence electrons. The SMILES string of the molecule is O=C(Nc1ccc(/C=C/c2ccc(NC(=O)C3C=CCN3C(=O)C3CCC3)cc2)cc1)C1C=CCN1C(=O)C1CCC1. The van der Waals surface area contributed by atoms with Crippen molar-refractivity contribution in [2.75, 3.05) is 23.7 Å². The molecule has 0 radical (unpaired) electrons. The molecule has 2 aliphatic heterocycles. The molecule has 8 nitrogen and oxygen atoms in total. The summed E-state index contributed by atoms with van der Waals surface area (Å²) in [6.07, 6.45) is 17.2. The highest BCUT2D eigenvalue weighted by atomic mass is 16.2. The number of carbonyl (C=O) groups excluding carboxylic acids is 4. The highest BCUT2D eigenvalue weighted by Gasteiger charge is 2.37. The van der Waals surface area contributed by atoms with Gasteiger partial charge in [0.1, 0.15) is 12.1 Å². The molecule has 4 aliphatic rings. The first kappa shape index (κ1) is 27.7. The van der Waals surface area contributed by atoms with Gasteiger partial charge in [-0.05, 0) is 61.1 Å². The van der Waals surface area contributed by atoms with Crippen LogP contribution in [0, 0.1) is 11.8 Å². The number of amides is 4. The maximum atomic E-state index is 12.9. The van der Waals surface area contributed by atoms with E-state index in [2.05, 4.69) is 10.6 Å². The van der Waals surface area contributed by atoms with E-state index in [0.29, 0.717) is 24.5 Å².